The van der Waals surface area contributed by atoms with E-state index in [0.717, 1.165) is 6.07 Å². The lowest BCUT2D eigenvalue weighted by Crippen LogP contribution is -2.17. The van der Waals surface area contributed by atoms with E-state index in [0.29, 0.717) is 23.1 Å². The van der Waals surface area contributed by atoms with Crippen LogP contribution in [0.3, 0.4) is 0 Å². The van der Waals surface area contributed by atoms with Gasteiger partial charge in [-0.25, -0.2) is 0 Å². The van der Waals surface area contributed by atoms with Gasteiger partial charge in [0.15, 0.2) is 5.78 Å². The van der Waals surface area contributed by atoms with Gasteiger partial charge in [0.25, 0.3) is 0 Å². The molecule has 2 aromatic rings. The van der Waals surface area contributed by atoms with Crippen LogP contribution in [-0.4, -0.2) is 19.3 Å². The van der Waals surface area contributed by atoms with Crippen LogP contribution in [0.15, 0.2) is 42.5 Å². The standard InChI is InChI=1S/C18H14F3NO3/c1-24-17-10-15(25-18(19,20)21)8-6-14(17)7-9-16(23)13-4-2-12(11-22)3-5-13/h2-6,8,10H,7,9H2,1H3. The molecule has 0 atom stereocenters. The summed E-state index contributed by atoms with van der Waals surface area (Å²) in [6.07, 6.45) is -4.33. The Morgan fingerprint density at radius 3 is 2.40 bits per heavy atom. The minimum Gasteiger partial charge on any atom is -0.496 e. The number of benzene rings is 2. The minimum absolute atomic E-state index is 0.137. The lowest BCUT2D eigenvalue weighted by atomic mass is 10.0. The Balaban J connectivity index is 2.06. The molecule has 130 valence electrons. The fraction of sp³-hybridized carbons (Fsp3) is 0.222. The summed E-state index contributed by atoms with van der Waals surface area (Å²) in [5.41, 5.74) is 1.52. The normalized spacial score (nSPS) is 10.8. The number of rotatable bonds is 6. The van der Waals surface area contributed by atoms with Gasteiger partial charge in [0, 0.05) is 18.1 Å². The van der Waals surface area contributed by atoms with Crippen molar-refractivity contribution in [3.63, 3.8) is 0 Å². The number of carbonyl (C=O) groups is 1. The van der Waals surface area contributed by atoms with E-state index in [4.69, 9.17) is 10.00 Å². The molecule has 0 aliphatic carbocycles. The Morgan fingerprint density at radius 2 is 1.84 bits per heavy atom. The first kappa shape index (κ1) is 18.3. The zero-order valence-electron chi connectivity index (χ0n) is 13.3. The van der Waals surface area contributed by atoms with Gasteiger partial charge in [-0.15, -0.1) is 13.2 Å². The number of Topliss-reactive ketones (excluding diaryl/α,β-unsaturated/α-hetero) is 1. The van der Waals surface area contributed by atoms with Gasteiger partial charge in [-0.2, -0.15) is 5.26 Å². The van der Waals surface area contributed by atoms with E-state index in [1.54, 1.807) is 24.3 Å². The number of alkyl halides is 3. The lowest BCUT2D eigenvalue weighted by Gasteiger charge is -2.13. The first-order valence-corrected chi connectivity index (χ1v) is 7.28. The third kappa shape index (κ3) is 5.24. The van der Waals surface area contributed by atoms with Crippen LogP contribution in [-0.2, 0) is 6.42 Å². The highest BCUT2D eigenvalue weighted by molar-refractivity contribution is 5.96. The summed E-state index contributed by atoms with van der Waals surface area (Å²) in [6.45, 7) is 0. The quantitative estimate of drug-likeness (QED) is 0.731. The van der Waals surface area contributed by atoms with E-state index in [1.165, 1.54) is 19.2 Å². The monoisotopic (exact) mass is 349 g/mol. The second kappa shape index (κ2) is 7.71. The number of carbonyl (C=O) groups excluding carboxylic acids is 1. The summed E-state index contributed by atoms with van der Waals surface area (Å²) in [5.74, 6) is -0.303. The molecule has 0 fully saturated rings. The number of methoxy groups -OCH3 is 1. The molecule has 0 aromatic heterocycles. The number of nitriles is 1. The zero-order valence-corrected chi connectivity index (χ0v) is 13.3. The smallest absolute Gasteiger partial charge is 0.496 e. The Labute approximate surface area is 142 Å². The fourth-order valence-corrected chi connectivity index (χ4v) is 2.25. The maximum Gasteiger partial charge on any atom is 0.573 e. The maximum absolute atomic E-state index is 12.2. The van der Waals surface area contributed by atoms with Gasteiger partial charge in [-0.3, -0.25) is 4.79 Å². The third-order valence-electron chi connectivity index (χ3n) is 3.45. The molecule has 0 saturated carbocycles. The third-order valence-corrected chi connectivity index (χ3v) is 3.45. The van der Waals surface area contributed by atoms with Crippen LogP contribution in [0.4, 0.5) is 13.2 Å². The van der Waals surface area contributed by atoms with E-state index < -0.39 is 6.36 Å². The van der Waals surface area contributed by atoms with Crippen LogP contribution in [0.25, 0.3) is 0 Å². The van der Waals surface area contributed by atoms with E-state index in [9.17, 15) is 18.0 Å². The molecule has 0 aliphatic rings. The molecule has 7 heteroatoms. The Morgan fingerprint density at radius 1 is 1.16 bits per heavy atom. The highest BCUT2D eigenvalue weighted by Crippen LogP contribution is 2.29. The van der Waals surface area contributed by atoms with Crippen LogP contribution in [0.5, 0.6) is 11.5 Å². The molecule has 2 aromatic carbocycles. The second-order valence-corrected chi connectivity index (χ2v) is 5.13. The number of hydrogen-bond donors (Lipinski definition) is 0. The maximum atomic E-state index is 12.2. The van der Waals surface area contributed by atoms with Crippen LogP contribution >= 0.6 is 0 Å². The van der Waals surface area contributed by atoms with E-state index >= 15 is 0 Å². The van der Waals surface area contributed by atoms with Crippen molar-refractivity contribution in [1.29, 1.82) is 5.26 Å². The average molecular weight is 349 g/mol. The number of halogens is 3. The fourth-order valence-electron chi connectivity index (χ4n) is 2.25. The van der Waals surface area contributed by atoms with Crippen molar-refractivity contribution < 1.29 is 27.4 Å². The van der Waals surface area contributed by atoms with E-state index in [1.807, 2.05) is 6.07 Å². The summed E-state index contributed by atoms with van der Waals surface area (Å²) >= 11 is 0. The molecule has 0 spiro atoms. The molecule has 0 radical (unpaired) electrons. The van der Waals surface area contributed by atoms with Crippen LogP contribution in [0, 0.1) is 11.3 Å². The second-order valence-electron chi connectivity index (χ2n) is 5.13. The van der Waals surface area contributed by atoms with Gasteiger partial charge in [-0.1, -0.05) is 18.2 Å². The number of ether oxygens (including phenoxy) is 2. The van der Waals surface area contributed by atoms with Crippen molar-refractivity contribution in [2.45, 2.75) is 19.2 Å². The van der Waals surface area contributed by atoms with Crippen molar-refractivity contribution in [2.75, 3.05) is 7.11 Å². The van der Waals surface area contributed by atoms with Crippen LogP contribution < -0.4 is 9.47 Å². The highest BCUT2D eigenvalue weighted by atomic mass is 19.4. The molecule has 25 heavy (non-hydrogen) atoms. The first-order valence-electron chi connectivity index (χ1n) is 7.28. The molecule has 0 heterocycles. The summed E-state index contributed by atoms with van der Waals surface area (Å²) in [6, 6.07) is 12.0. The van der Waals surface area contributed by atoms with Gasteiger partial charge >= 0.3 is 6.36 Å². The lowest BCUT2D eigenvalue weighted by molar-refractivity contribution is -0.274. The highest BCUT2D eigenvalue weighted by Gasteiger charge is 2.31. The average Bonchev–Trinajstić information content (AvgIpc) is 2.59. The number of nitrogens with zero attached hydrogens (tertiary/aromatic N) is 1. The first-order chi connectivity index (χ1) is 11.8. The van der Waals surface area contributed by atoms with E-state index in [2.05, 4.69) is 4.74 Å². The van der Waals surface area contributed by atoms with Crippen molar-refractivity contribution in [3.05, 3.63) is 59.2 Å². The molecule has 2 rings (SSSR count). The largest absolute Gasteiger partial charge is 0.573 e. The number of aryl methyl sites for hydroxylation is 1. The van der Waals surface area contributed by atoms with E-state index in [-0.39, 0.29) is 23.7 Å². The summed E-state index contributed by atoms with van der Waals surface area (Å²) < 4.78 is 45.7. The summed E-state index contributed by atoms with van der Waals surface area (Å²) in [4.78, 5) is 12.2. The molecular weight excluding hydrogens is 335 g/mol. The van der Waals surface area contributed by atoms with Crippen molar-refractivity contribution >= 4 is 5.78 Å². The van der Waals surface area contributed by atoms with Gasteiger partial charge in [0.2, 0.25) is 0 Å². The molecule has 0 amide bonds. The molecule has 0 unspecified atom stereocenters. The van der Waals surface area contributed by atoms with Gasteiger partial charge < -0.3 is 9.47 Å². The predicted octanol–water partition coefficient (Wildman–Crippen LogP) is 4.28. The minimum atomic E-state index is -4.78. The Kier molecular flexibility index (Phi) is 5.65. The molecule has 0 bridgehead atoms. The summed E-state index contributed by atoms with van der Waals surface area (Å²) in [5, 5.41) is 8.74. The van der Waals surface area contributed by atoms with Gasteiger partial charge in [-0.05, 0) is 30.2 Å². The van der Waals surface area contributed by atoms with Crippen molar-refractivity contribution in [3.8, 4) is 17.6 Å². The molecular formula is C18H14F3NO3. The number of ketones is 1. The Hall–Kier alpha value is -3.01. The van der Waals surface area contributed by atoms with Crippen molar-refractivity contribution in [2.24, 2.45) is 0 Å². The molecule has 0 aliphatic heterocycles. The summed E-state index contributed by atoms with van der Waals surface area (Å²) in [7, 11) is 1.33. The van der Waals surface area contributed by atoms with Gasteiger partial charge in [0.05, 0.1) is 18.7 Å². The molecule has 0 saturated heterocycles. The topological polar surface area (TPSA) is 59.3 Å². The van der Waals surface area contributed by atoms with Crippen LogP contribution in [0.1, 0.15) is 27.9 Å². The molecule has 0 N–H and O–H groups in total. The van der Waals surface area contributed by atoms with Crippen molar-refractivity contribution in [1.82, 2.24) is 0 Å². The zero-order chi connectivity index (χ0) is 18.4. The van der Waals surface area contributed by atoms with Crippen LogP contribution in [0.2, 0.25) is 0 Å². The predicted molar refractivity (Wildman–Crippen MR) is 83.5 cm³/mol. The Bertz CT molecular complexity index is 793. The molecule has 4 nitrogen and oxygen atoms in total. The number of hydrogen-bond acceptors (Lipinski definition) is 4. The SMILES string of the molecule is COc1cc(OC(F)(F)F)ccc1CCC(=O)c1ccc(C#N)cc1. The van der Waals surface area contributed by atoms with Gasteiger partial charge in [0.1, 0.15) is 11.5 Å².